The fourth-order valence-electron chi connectivity index (χ4n) is 3.22. The zero-order valence-electron chi connectivity index (χ0n) is 13.1. The standard InChI is InChI=1S/C19H20ClNO2/c1-21(17-11-8-13-4-2-3-5-16(13)17)19(23)12-18(22)14-6-9-15(20)10-7-14/h2-7,9-10,17-18,22H,8,11-12H2,1H3/t17-,18+/m0/s1. The highest BCUT2D eigenvalue weighted by Gasteiger charge is 2.29. The minimum Gasteiger partial charge on any atom is -0.388 e. The highest BCUT2D eigenvalue weighted by Crippen LogP contribution is 2.35. The molecule has 0 saturated carbocycles. The first kappa shape index (κ1) is 16.0. The number of hydrogen-bond donors (Lipinski definition) is 1. The van der Waals surface area contributed by atoms with E-state index < -0.39 is 6.10 Å². The molecule has 0 radical (unpaired) electrons. The molecule has 2 aromatic rings. The summed E-state index contributed by atoms with van der Waals surface area (Å²) in [6.07, 6.45) is 1.21. The van der Waals surface area contributed by atoms with Crippen LogP contribution >= 0.6 is 11.6 Å². The zero-order valence-corrected chi connectivity index (χ0v) is 13.8. The van der Waals surface area contributed by atoms with Crippen LogP contribution in [0.3, 0.4) is 0 Å². The molecule has 0 spiro atoms. The summed E-state index contributed by atoms with van der Waals surface area (Å²) in [6, 6.07) is 15.3. The van der Waals surface area contributed by atoms with Crippen molar-refractivity contribution in [3.63, 3.8) is 0 Å². The first-order chi connectivity index (χ1) is 11.1. The van der Waals surface area contributed by atoms with E-state index in [0.717, 1.165) is 12.8 Å². The summed E-state index contributed by atoms with van der Waals surface area (Å²) in [6.45, 7) is 0. The molecule has 2 atom stereocenters. The summed E-state index contributed by atoms with van der Waals surface area (Å²) in [5, 5.41) is 10.9. The van der Waals surface area contributed by atoms with Crippen molar-refractivity contribution in [3.8, 4) is 0 Å². The molecule has 4 heteroatoms. The van der Waals surface area contributed by atoms with Gasteiger partial charge in [0.2, 0.25) is 5.91 Å². The predicted molar refractivity (Wildman–Crippen MR) is 91.3 cm³/mol. The van der Waals surface area contributed by atoms with Gasteiger partial charge in [-0.05, 0) is 41.7 Å². The van der Waals surface area contributed by atoms with Crippen molar-refractivity contribution >= 4 is 17.5 Å². The fraction of sp³-hybridized carbons (Fsp3) is 0.316. The van der Waals surface area contributed by atoms with Crippen LogP contribution in [0.15, 0.2) is 48.5 Å². The van der Waals surface area contributed by atoms with Gasteiger partial charge in [0.25, 0.3) is 0 Å². The number of fused-ring (bicyclic) bond motifs is 1. The SMILES string of the molecule is CN(C(=O)C[C@@H](O)c1ccc(Cl)cc1)[C@H]1CCc2ccccc21. The molecule has 1 N–H and O–H groups in total. The van der Waals surface area contributed by atoms with Gasteiger partial charge in [-0.15, -0.1) is 0 Å². The Balaban J connectivity index is 1.67. The number of rotatable bonds is 4. The topological polar surface area (TPSA) is 40.5 Å². The van der Waals surface area contributed by atoms with Crippen molar-refractivity contribution in [3.05, 3.63) is 70.2 Å². The van der Waals surface area contributed by atoms with Crippen LogP contribution in [0.4, 0.5) is 0 Å². The fourth-order valence-corrected chi connectivity index (χ4v) is 3.35. The molecule has 120 valence electrons. The van der Waals surface area contributed by atoms with E-state index in [4.69, 9.17) is 11.6 Å². The molecule has 23 heavy (non-hydrogen) atoms. The number of halogens is 1. The van der Waals surface area contributed by atoms with Gasteiger partial charge in [-0.25, -0.2) is 0 Å². The Bertz CT molecular complexity index is 699. The van der Waals surface area contributed by atoms with Gasteiger partial charge in [0.15, 0.2) is 0 Å². The van der Waals surface area contributed by atoms with E-state index in [1.165, 1.54) is 11.1 Å². The maximum Gasteiger partial charge on any atom is 0.225 e. The highest BCUT2D eigenvalue weighted by atomic mass is 35.5. The number of benzene rings is 2. The van der Waals surface area contributed by atoms with E-state index >= 15 is 0 Å². The minimum atomic E-state index is -0.807. The Morgan fingerprint density at radius 2 is 1.96 bits per heavy atom. The van der Waals surface area contributed by atoms with Crippen LogP contribution < -0.4 is 0 Å². The lowest BCUT2D eigenvalue weighted by Crippen LogP contribution is -2.31. The molecule has 3 rings (SSSR count). The first-order valence-electron chi connectivity index (χ1n) is 7.83. The Hall–Kier alpha value is -1.84. The number of carbonyl (C=O) groups is 1. The van der Waals surface area contributed by atoms with Crippen LogP contribution in [0.1, 0.15) is 41.7 Å². The van der Waals surface area contributed by atoms with E-state index in [0.29, 0.717) is 10.6 Å². The van der Waals surface area contributed by atoms with Crippen LogP contribution in [-0.4, -0.2) is 23.0 Å². The lowest BCUT2D eigenvalue weighted by atomic mass is 10.0. The third-order valence-corrected chi connectivity index (χ3v) is 4.84. The molecular formula is C19H20ClNO2. The minimum absolute atomic E-state index is 0.0471. The third kappa shape index (κ3) is 3.41. The van der Waals surface area contributed by atoms with Gasteiger partial charge in [-0.3, -0.25) is 4.79 Å². The van der Waals surface area contributed by atoms with Crippen molar-refractivity contribution in [2.45, 2.75) is 31.4 Å². The summed E-state index contributed by atoms with van der Waals surface area (Å²) in [5.74, 6) is -0.0471. The molecule has 1 amide bonds. The molecule has 0 bridgehead atoms. The number of aryl methyl sites for hydroxylation is 1. The largest absolute Gasteiger partial charge is 0.388 e. The first-order valence-corrected chi connectivity index (χ1v) is 8.21. The number of hydrogen-bond acceptors (Lipinski definition) is 2. The van der Waals surface area contributed by atoms with Gasteiger partial charge >= 0.3 is 0 Å². The Labute approximate surface area is 141 Å². The summed E-state index contributed by atoms with van der Waals surface area (Å²) in [7, 11) is 1.82. The van der Waals surface area contributed by atoms with E-state index in [9.17, 15) is 9.90 Å². The van der Waals surface area contributed by atoms with Gasteiger partial charge in [-0.2, -0.15) is 0 Å². The van der Waals surface area contributed by atoms with Crippen LogP contribution in [-0.2, 0) is 11.2 Å². The molecule has 0 unspecified atom stereocenters. The molecule has 0 fully saturated rings. The lowest BCUT2D eigenvalue weighted by Gasteiger charge is -2.26. The van der Waals surface area contributed by atoms with E-state index in [-0.39, 0.29) is 18.4 Å². The lowest BCUT2D eigenvalue weighted by molar-refractivity contribution is -0.134. The Kier molecular flexibility index (Phi) is 4.69. The molecule has 0 heterocycles. The van der Waals surface area contributed by atoms with E-state index in [1.807, 2.05) is 19.2 Å². The summed E-state index contributed by atoms with van der Waals surface area (Å²) >= 11 is 5.85. The maximum absolute atomic E-state index is 12.5. The van der Waals surface area contributed by atoms with Crippen LogP contribution in [0.5, 0.6) is 0 Å². The van der Waals surface area contributed by atoms with E-state index in [2.05, 4.69) is 12.1 Å². The summed E-state index contributed by atoms with van der Waals surface area (Å²) in [5.41, 5.74) is 3.25. The molecule has 0 aliphatic heterocycles. The predicted octanol–water partition coefficient (Wildman–Crippen LogP) is 3.91. The molecular weight excluding hydrogens is 310 g/mol. The van der Waals surface area contributed by atoms with Crippen molar-refractivity contribution in [2.24, 2.45) is 0 Å². The maximum atomic E-state index is 12.5. The van der Waals surface area contributed by atoms with Gasteiger partial charge in [0.05, 0.1) is 18.6 Å². The van der Waals surface area contributed by atoms with Crippen molar-refractivity contribution < 1.29 is 9.90 Å². The normalized spacial score (nSPS) is 17.6. The number of carbonyl (C=O) groups excluding carboxylic acids is 1. The highest BCUT2D eigenvalue weighted by molar-refractivity contribution is 6.30. The Morgan fingerprint density at radius 1 is 1.26 bits per heavy atom. The number of aliphatic hydroxyl groups is 1. The number of nitrogens with zero attached hydrogens (tertiary/aromatic N) is 1. The summed E-state index contributed by atoms with van der Waals surface area (Å²) < 4.78 is 0. The van der Waals surface area contributed by atoms with Gasteiger partial charge in [-0.1, -0.05) is 48.0 Å². The van der Waals surface area contributed by atoms with Crippen molar-refractivity contribution in [2.75, 3.05) is 7.05 Å². The van der Waals surface area contributed by atoms with Crippen molar-refractivity contribution in [1.82, 2.24) is 4.90 Å². The van der Waals surface area contributed by atoms with Crippen molar-refractivity contribution in [1.29, 1.82) is 0 Å². The van der Waals surface area contributed by atoms with Crippen LogP contribution in [0, 0.1) is 0 Å². The van der Waals surface area contributed by atoms with Gasteiger partial charge in [0.1, 0.15) is 0 Å². The number of aliphatic hydroxyl groups excluding tert-OH is 1. The second kappa shape index (κ2) is 6.73. The molecule has 3 nitrogen and oxygen atoms in total. The van der Waals surface area contributed by atoms with E-state index in [1.54, 1.807) is 29.2 Å². The third-order valence-electron chi connectivity index (χ3n) is 4.58. The quantitative estimate of drug-likeness (QED) is 0.924. The average Bonchev–Trinajstić information content (AvgIpc) is 2.98. The second-order valence-electron chi connectivity index (χ2n) is 6.03. The average molecular weight is 330 g/mol. The molecule has 0 saturated heterocycles. The number of amides is 1. The second-order valence-corrected chi connectivity index (χ2v) is 6.47. The van der Waals surface area contributed by atoms with Gasteiger partial charge < -0.3 is 10.0 Å². The zero-order chi connectivity index (χ0) is 16.4. The molecule has 1 aliphatic carbocycles. The Morgan fingerprint density at radius 3 is 2.70 bits per heavy atom. The van der Waals surface area contributed by atoms with Crippen LogP contribution in [0.2, 0.25) is 5.02 Å². The summed E-state index contributed by atoms with van der Waals surface area (Å²) in [4.78, 5) is 14.3. The molecule has 2 aromatic carbocycles. The van der Waals surface area contributed by atoms with Crippen LogP contribution in [0.25, 0.3) is 0 Å². The molecule has 1 aliphatic rings. The van der Waals surface area contributed by atoms with Gasteiger partial charge in [0, 0.05) is 12.1 Å². The molecule has 0 aromatic heterocycles. The smallest absolute Gasteiger partial charge is 0.225 e. The monoisotopic (exact) mass is 329 g/mol.